The highest BCUT2D eigenvalue weighted by Crippen LogP contribution is 2.16. The fraction of sp³-hybridized carbons (Fsp3) is 0.231. The molecule has 0 spiro atoms. The first kappa shape index (κ1) is 12.0. The summed E-state index contributed by atoms with van der Waals surface area (Å²) in [5.41, 5.74) is 7.56. The van der Waals surface area contributed by atoms with E-state index >= 15 is 0 Å². The third-order valence-corrected chi connectivity index (χ3v) is 2.77. The zero-order valence-electron chi connectivity index (χ0n) is 10.2. The molecule has 0 amide bonds. The molecule has 0 aliphatic carbocycles. The molecular weight excluding hydrogens is 226 g/mol. The van der Waals surface area contributed by atoms with E-state index in [1.165, 1.54) is 0 Å². The Kier molecular flexibility index (Phi) is 3.49. The van der Waals surface area contributed by atoms with Crippen molar-refractivity contribution in [3.63, 3.8) is 0 Å². The van der Waals surface area contributed by atoms with Crippen molar-refractivity contribution in [2.75, 3.05) is 17.6 Å². The van der Waals surface area contributed by atoms with E-state index in [-0.39, 0.29) is 0 Å². The highest BCUT2D eigenvalue weighted by molar-refractivity contribution is 5.61. The minimum atomic E-state index is 0.497. The molecule has 92 valence electrons. The van der Waals surface area contributed by atoms with Crippen LogP contribution in [0.5, 0.6) is 0 Å². The fourth-order valence-corrected chi connectivity index (χ4v) is 1.72. The minimum absolute atomic E-state index is 0.497. The van der Waals surface area contributed by atoms with E-state index < -0.39 is 0 Å². The highest BCUT2D eigenvalue weighted by atomic mass is 15.0. The maximum atomic E-state index is 8.88. The van der Waals surface area contributed by atoms with Gasteiger partial charge in [-0.15, -0.1) is 0 Å². The van der Waals surface area contributed by atoms with Crippen molar-refractivity contribution in [3.8, 4) is 6.07 Å². The molecule has 2 aromatic rings. The number of nitrogens with one attached hydrogen (secondary N) is 1. The largest absolute Gasteiger partial charge is 0.398 e. The van der Waals surface area contributed by atoms with Gasteiger partial charge in [0.05, 0.1) is 5.56 Å². The van der Waals surface area contributed by atoms with Crippen LogP contribution in [0.1, 0.15) is 11.4 Å². The average molecular weight is 241 g/mol. The van der Waals surface area contributed by atoms with Crippen molar-refractivity contribution in [2.45, 2.75) is 6.42 Å². The molecule has 3 N–H and O–H groups in total. The normalized spacial score (nSPS) is 10.0. The second-order valence-electron chi connectivity index (χ2n) is 4.04. The van der Waals surface area contributed by atoms with Gasteiger partial charge in [0.2, 0.25) is 0 Å². The molecule has 1 aromatic carbocycles. The number of rotatable bonds is 4. The Labute approximate surface area is 106 Å². The number of aromatic nitrogens is 2. The second kappa shape index (κ2) is 5.23. The second-order valence-corrected chi connectivity index (χ2v) is 4.04. The summed E-state index contributed by atoms with van der Waals surface area (Å²) in [4.78, 5) is 4.25. The third kappa shape index (κ3) is 2.61. The number of nitrogens with two attached hydrogens (primary N) is 1. The molecule has 0 saturated carbocycles. The first-order valence-electron chi connectivity index (χ1n) is 5.70. The van der Waals surface area contributed by atoms with E-state index in [9.17, 15) is 0 Å². The monoisotopic (exact) mass is 241 g/mol. The van der Waals surface area contributed by atoms with Crippen LogP contribution in [0.25, 0.3) is 0 Å². The lowest BCUT2D eigenvalue weighted by Gasteiger charge is -2.07. The summed E-state index contributed by atoms with van der Waals surface area (Å²) >= 11 is 0. The minimum Gasteiger partial charge on any atom is -0.398 e. The Bertz CT molecular complexity index is 579. The van der Waals surface area contributed by atoms with Gasteiger partial charge in [0, 0.05) is 43.8 Å². The SMILES string of the molecule is Cn1ccnc1CCNc1ccc(N)c(C#N)c1. The van der Waals surface area contributed by atoms with Gasteiger partial charge in [-0.3, -0.25) is 0 Å². The molecule has 0 fully saturated rings. The number of hydrogen-bond donors (Lipinski definition) is 2. The van der Waals surface area contributed by atoms with Gasteiger partial charge in [-0.2, -0.15) is 5.26 Å². The van der Waals surface area contributed by atoms with E-state index in [1.54, 1.807) is 18.3 Å². The maximum Gasteiger partial charge on any atom is 0.110 e. The van der Waals surface area contributed by atoms with E-state index in [2.05, 4.69) is 16.4 Å². The number of hydrogen-bond acceptors (Lipinski definition) is 4. The van der Waals surface area contributed by atoms with E-state index in [0.29, 0.717) is 11.3 Å². The van der Waals surface area contributed by atoms with E-state index in [1.807, 2.05) is 23.9 Å². The molecule has 0 aliphatic heterocycles. The zero-order valence-corrected chi connectivity index (χ0v) is 10.2. The summed E-state index contributed by atoms with van der Waals surface area (Å²) in [7, 11) is 1.97. The molecule has 2 rings (SSSR count). The van der Waals surface area contributed by atoms with Gasteiger partial charge in [0.25, 0.3) is 0 Å². The summed E-state index contributed by atoms with van der Waals surface area (Å²) < 4.78 is 1.99. The van der Waals surface area contributed by atoms with Gasteiger partial charge < -0.3 is 15.6 Å². The predicted molar refractivity (Wildman–Crippen MR) is 71.0 cm³/mol. The van der Waals surface area contributed by atoms with Crippen LogP contribution in [0.3, 0.4) is 0 Å². The lowest BCUT2D eigenvalue weighted by molar-refractivity contribution is 0.789. The van der Waals surface area contributed by atoms with E-state index in [0.717, 1.165) is 24.5 Å². The molecule has 18 heavy (non-hydrogen) atoms. The fourth-order valence-electron chi connectivity index (χ4n) is 1.72. The number of imidazole rings is 1. The Balaban J connectivity index is 1.95. The predicted octanol–water partition coefficient (Wildman–Crippen LogP) is 1.53. The number of nitriles is 1. The topological polar surface area (TPSA) is 79.7 Å². The Morgan fingerprint density at radius 2 is 2.33 bits per heavy atom. The van der Waals surface area contributed by atoms with Gasteiger partial charge in [0.15, 0.2) is 0 Å². The van der Waals surface area contributed by atoms with Crippen molar-refractivity contribution in [1.29, 1.82) is 5.26 Å². The smallest absolute Gasteiger partial charge is 0.110 e. The quantitative estimate of drug-likeness (QED) is 0.795. The lowest BCUT2D eigenvalue weighted by Crippen LogP contribution is -2.08. The van der Waals surface area contributed by atoms with Gasteiger partial charge in [-0.05, 0) is 18.2 Å². The van der Waals surface area contributed by atoms with Crippen molar-refractivity contribution in [2.24, 2.45) is 7.05 Å². The van der Waals surface area contributed by atoms with Crippen LogP contribution >= 0.6 is 0 Å². The van der Waals surface area contributed by atoms with Crippen molar-refractivity contribution >= 4 is 11.4 Å². The van der Waals surface area contributed by atoms with Crippen LogP contribution in [0.15, 0.2) is 30.6 Å². The maximum absolute atomic E-state index is 8.88. The average Bonchev–Trinajstić information content (AvgIpc) is 2.77. The van der Waals surface area contributed by atoms with Gasteiger partial charge >= 0.3 is 0 Å². The summed E-state index contributed by atoms with van der Waals surface area (Å²) in [5, 5.41) is 12.1. The standard InChI is InChI=1S/C13H15N5/c1-18-7-6-17-13(18)4-5-16-11-2-3-12(15)10(8-11)9-14/h2-3,6-8,16H,4-5,15H2,1H3. The number of nitrogens with zero attached hydrogens (tertiary/aromatic N) is 3. The molecule has 1 aromatic heterocycles. The van der Waals surface area contributed by atoms with Crippen LogP contribution < -0.4 is 11.1 Å². The Hall–Kier alpha value is -2.48. The van der Waals surface area contributed by atoms with Crippen LogP contribution in [0, 0.1) is 11.3 Å². The van der Waals surface area contributed by atoms with Gasteiger partial charge in [-0.1, -0.05) is 0 Å². The van der Waals surface area contributed by atoms with Crippen LogP contribution in [-0.2, 0) is 13.5 Å². The van der Waals surface area contributed by atoms with Crippen molar-refractivity contribution in [1.82, 2.24) is 9.55 Å². The number of nitrogen functional groups attached to an aromatic ring is 1. The molecule has 5 heteroatoms. The third-order valence-electron chi connectivity index (χ3n) is 2.77. The molecule has 0 bridgehead atoms. The number of anilines is 2. The summed E-state index contributed by atoms with van der Waals surface area (Å²) in [6, 6.07) is 7.43. The van der Waals surface area contributed by atoms with E-state index in [4.69, 9.17) is 11.0 Å². The van der Waals surface area contributed by atoms with Gasteiger partial charge in [0.1, 0.15) is 11.9 Å². The Morgan fingerprint density at radius 1 is 1.50 bits per heavy atom. The van der Waals surface area contributed by atoms with Crippen molar-refractivity contribution < 1.29 is 0 Å². The Morgan fingerprint density at radius 3 is 3.00 bits per heavy atom. The summed E-state index contributed by atoms with van der Waals surface area (Å²) in [6.45, 7) is 0.764. The molecule has 0 unspecified atom stereocenters. The molecule has 0 atom stereocenters. The molecule has 0 saturated heterocycles. The number of benzene rings is 1. The molecule has 0 radical (unpaired) electrons. The van der Waals surface area contributed by atoms with Crippen LogP contribution in [0.2, 0.25) is 0 Å². The van der Waals surface area contributed by atoms with Gasteiger partial charge in [-0.25, -0.2) is 4.98 Å². The van der Waals surface area contributed by atoms with Crippen LogP contribution in [0.4, 0.5) is 11.4 Å². The molecule has 1 heterocycles. The van der Waals surface area contributed by atoms with Crippen LogP contribution in [-0.4, -0.2) is 16.1 Å². The summed E-state index contributed by atoms with van der Waals surface area (Å²) in [5.74, 6) is 1.03. The highest BCUT2D eigenvalue weighted by Gasteiger charge is 2.01. The molecule has 0 aliphatic rings. The zero-order chi connectivity index (χ0) is 13.0. The van der Waals surface area contributed by atoms with Crippen molar-refractivity contribution in [3.05, 3.63) is 42.0 Å². The molecule has 5 nitrogen and oxygen atoms in total. The first-order chi connectivity index (χ1) is 8.70. The lowest BCUT2D eigenvalue weighted by atomic mass is 10.2. The molecular formula is C13H15N5. The first-order valence-corrected chi connectivity index (χ1v) is 5.70. The number of aryl methyl sites for hydroxylation is 1. The summed E-state index contributed by atoms with van der Waals surface area (Å²) in [6.07, 6.45) is 4.54.